The summed E-state index contributed by atoms with van der Waals surface area (Å²) in [5.41, 5.74) is 1.22. The lowest BCUT2D eigenvalue weighted by Crippen LogP contribution is -2.26. The van der Waals surface area contributed by atoms with E-state index in [1.165, 1.54) is 4.90 Å². The van der Waals surface area contributed by atoms with Crippen LogP contribution in [0.25, 0.3) is 0 Å². The van der Waals surface area contributed by atoms with E-state index in [0.717, 1.165) is 12.8 Å². The molecule has 1 aliphatic heterocycles. The molecule has 2 unspecified atom stereocenters. The van der Waals surface area contributed by atoms with Gasteiger partial charge in [-0.3, -0.25) is 14.4 Å². The molecule has 0 spiro atoms. The predicted octanol–water partition coefficient (Wildman–Crippen LogP) is 2.50. The van der Waals surface area contributed by atoms with Crippen LogP contribution in [0.5, 0.6) is 0 Å². The summed E-state index contributed by atoms with van der Waals surface area (Å²) < 4.78 is 0. The molecule has 1 saturated heterocycles. The Balaban J connectivity index is 2.10. The van der Waals surface area contributed by atoms with E-state index in [-0.39, 0.29) is 30.7 Å². The van der Waals surface area contributed by atoms with Crippen molar-refractivity contribution in [3.05, 3.63) is 24.3 Å². The van der Waals surface area contributed by atoms with Crippen molar-refractivity contribution in [2.24, 2.45) is 11.8 Å². The Hall–Kier alpha value is -2.37. The number of hydrogen-bond acceptors (Lipinski definition) is 3. The molecular weight excluding hydrogens is 296 g/mol. The minimum absolute atomic E-state index is 0.0133. The molecule has 0 radical (unpaired) electrons. The van der Waals surface area contributed by atoms with Gasteiger partial charge in [-0.2, -0.15) is 0 Å². The highest BCUT2D eigenvalue weighted by molar-refractivity contribution is 6.00. The number of rotatable bonds is 6. The van der Waals surface area contributed by atoms with E-state index in [2.05, 4.69) is 5.32 Å². The van der Waals surface area contributed by atoms with Gasteiger partial charge in [-0.1, -0.05) is 26.3 Å². The maximum atomic E-state index is 12.1. The van der Waals surface area contributed by atoms with Crippen molar-refractivity contribution in [1.82, 2.24) is 0 Å². The van der Waals surface area contributed by atoms with Crippen molar-refractivity contribution in [2.75, 3.05) is 16.8 Å². The SMILES string of the molecule is CCCC(C)C(=O)Nc1cccc(N2CC(C(=O)O)CC2=O)c1. The molecule has 1 heterocycles. The number of benzene rings is 1. The third kappa shape index (κ3) is 4.09. The first kappa shape index (κ1) is 17.0. The summed E-state index contributed by atoms with van der Waals surface area (Å²) in [6.07, 6.45) is 1.77. The Kier molecular flexibility index (Phi) is 5.36. The number of hydrogen-bond donors (Lipinski definition) is 2. The Labute approximate surface area is 135 Å². The molecule has 2 amide bonds. The summed E-state index contributed by atoms with van der Waals surface area (Å²) in [4.78, 5) is 36.6. The highest BCUT2D eigenvalue weighted by atomic mass is 16.4. The summed E-state index contributed by atoms with van der Waals surface area (Å²) in [5, 5.41) is 11.9. The van der Waals surface area contributed by atoms with Crippen molar-refractivity contribution < 1.29 is 19.5 Å². The van der Waals surface area contributed by atoms with Gasteiger partial charge in [-0.15, -0.1) is 0 Å². The number of carbonyl (C=O) groups is 3. The first-order valence-electron chi connectivity index (χ1n) is 7.86. The van der Waals surface area contributed by atoms with Gasteiger partial charge in [0.05, 0.1) is 5.92 Å². The third-order valence-corrected chi connectivity index (χ3v) is 4.07. The first-order chi connectivity index (χ1) is 10.9. The van der Waals surface area contributed by atoms with Crippen LogP contribution in [0.2, 0.25) is 0 Å². The maximum Gasteiger partial charge on any atom is 0.308 e. The zero-order chi connectivity index (χ0) is 17.0. The first-order valence-corrected chi connectivity index (χ1v) is 7.86. The van der Waals surface area contributed by atoms with Gasteiger partial charge in [0.2, 0.25) is 11.8 Å². The Morgan fingerprint density at radius 2 is 2.17 bits per heavy atom. The Morgan fingerprint density at radius 1 is 1.43 bits per heavy atom. The van der Waals surface area contributed by atoms with E-state index in [0.29, 0.717) is 11.4 Å². The van der Waals surface area contributed by atoms with E-state index in [1.54, 1.807) is 24.3 Å². The van der Waals surface area contributed by atoms with E-state index < -0.39 is 11.9 Å². The van der Waals surface area contributed by atoms with Gasteiger partial charge in [0.1, 0.15) is 0 Å². The number of aliphatic carboxylic acids is 1. The van der Waals surface area contributed by atoms with Crippen molar-refractivity contribution in [3.8, 4) is 0 Å². The number of carboxylic acids is 1. The monoisotopic (exact) mass is 318 g/mol. The average molecular weight is 318 g/mol. The maximum absolute atomic E-state index is 12.1. The van der Waals surface area contributed by atoms with Crippen LogP contribution in [0.3, 0.4) is 0 Å². The lowest BCUT2D eigenvalue weighted by Gasteiger charge is -2.18. The molecule has 6 heteroatoms. The quantitative estimate of drug-likeness (QED) is 0.843. The molecule has 23 heavy (non-hydrogen) atoms. The fourth-order valence-corrected chi connectivity index (χ4v) is 2.70. The molecule has 2 rings (SSSR count). The molecule has 6 nitrogen and oxygen atoms in total. The number of carboxylic acid groups (broad SMARTS) is 1. The minimum Gasteiger partial charge on any atom is -0.481 e. The molecule has 0 aromatic heterocycles. The van der Waals surface area contributed by atoms with Crippen molar-refractivity contribution in [2.45, 2.75) is 33.1 Å². The zero-order valence-corrected chi connectivity index (χ0v) is 13.4. The van der Waals surface area contributed by atoms with Gasteiger partial charge in [0.15, 0.2) is 0 Å². The number of anilines is 2. The van der Waals surface area contributed by atoms with Crippen LogP contribution in [0.1, 0.15) is 33.1 Å². The van der Waals surface area contributed by atoms with Gasteiger partial charge < -0.3 is 15.3 Å². The lowest BCUT2D eigenvalue weighted by atomic mass is 10.1. The largest absolute Gasteiger partial charge is 0.481 e. The molecule has 2 N–H and O–H groups in total. The third-order valence-electron chi connectivity index (χ3n) is 4.07. The van der Waals surface area contributed by atoms with E-state index in [1.807, 2.05) is 13.8 Å². The summed E-state index contributed by atoms with van der Waals surface area (Å²) in [6, 6.07) is 6.96. The number of carbonyl (C=O) groups excluding carboxylic acids is 2. The minimum atomic E-state index is -0.960. The molecule has 2 atom stereocenters. The number of amides is 2. The second-order valence-electron chi connectivity index (χ2n) is 5.97. The van der Waals surface area contributed by atoms with Crippen molar-refractivity contribution >= 4 is 29.2 Å². The standard InChI is InChI=1S/C17H22N2O4/c1-3-5-11(2)16(21)18-13-6-4-7-14(9-13)19-10-12(17(22)23)8-15(19)20/h4,6-7,9,11-12H,3,5,8,10H2,1-2H3,(H,18,21)(H,22,23). The summed E-state index contributed by atoms with van der Waals surface area (Å²) in [6.45, 7) is 4.07. The number of nitrogens with one attached hydrogen (secondary N) is 1. The molecular formula is C17H22N2O4. The molecule has 1 aliphatic rings. The Morgan fingerprint density at radius 3 is 2.78 bits per heavy atom. The van der Waals surface area contributed by atoms with Crippen LogP contribution >= 0.6 is 0 Å². The van der Waals surface area contributed by atoms with Crippen LogP contribution in [0.4, 0.5) is 11.4 Å². The predicted molar refractivity (Wildman–Crippen MR) is 87.2 cm³/mol. The molecule has 1 fully saturated rings. The molecule has 1 aromatic carbocycles. The van der Waals surface area contributed by atoms with Crippen LogP contribution in [0, 0.1) is 11.8 Å². The summed E-state index contributed by atoms with van der Waals surface area (Å²) in [7, 11) is 0. The van der Waals surface area contributed by atoms with Crippen molar-refractivity contribution in [1.29, 1.82) is 0 Å². The average Bonchev–Trinajstić information content (AvgIpc) is 2.90. The molecule has 0 saturated carbocycles. The van der Waals surface area contributed by atoms with Gasteiger partial charge in [0, 0.05) is 30.3 Å². The molecule has 0 aliphatic carbocycles. The Bertz CT molecular complexity index is 614. The van der Waals surface area contributed by atoms with Crippen LogP contribution in [0.15, 0.2) is 24.3 Å². The smallest absolute Gasteiger partial charge is 0.308 e. The van der Waals surface area contributed by atoms with Gasteiger partial charge in [-0.25, -0.2) is 0 Å². The summed E-state index contributed by atoms with van der Waals surface area (Å²) >= 11 is 0. The fourth-order valence-electron chi connectivity index (χ4n) is 2.70. The van der Waals surface area contributed by atoms with Crippen LogP contribution in [-0.4, -0.2) is 29.4 Å². The summed E-state index contributed by atoms with van der Waals surface area (Å²) in [5.74, 6) is -1.97. The second-order valence-corrected chi connectivity index (χ2v) is 5.97. The van der Waals surface area contributed by atoms with E-state index in [4.69, 9.17) is 5.11 Å². The molecule has 1 aromatic rings. The van der Waals surface area contributed by atoms with Gasteiger partial charge in [0.25, 0.3) is 0 Å². The second kappa shape index (κ2) is 7.26. The van der Waals surface area contributed by atoms with E-state index >= 15 is 0 Å². The highest BCUT2D eigenvalue weighted by Crippen LogP contribution is 2.27. The number of nitrogens with zero attached hydrogens (tertiary/aromatic N) is 1. The molecule has 0 bridgehead atoms. The normalized spacial score (nSPS) is 18.8. The van der Waals surface area contributed by atoms with E-state index in [9.17, 15) is 14.4 Å². The van der Waals surface area contributed by atoms with Gasteiger partial charge >= 0.3 is 5.97 Å². The molecule has 124 valence electrons. The van der Waals surface area contributed by atoms with Crippen LogP contribution in [-0.2, 0) is 14.4 Å². The topological polar surface area (TPSA) is 86.7 Å². The highest BCUT2D eigenvalue weighted by Gasteiger charge is 2.35. The zero-order valence-electron chi connectivity index (χ0n) is 13.4. The van der Waals surface area contributed by atoms with Gasteiger partial charge in [-0.05, 0) is 24.6 Å². The lowest BCUT2D eigenvalue weighted by molar-refractivity contribution is -0.141. The fraction of sp³-hybridized carbons (Fsp3) is 0.471. The van der Waals surface area contributed by atoms with Crippen LogP contribution < -0.4 is 10.2 Å². The van der Waals surface area contributed by atoms with Crippen molar-refractivity contribution in [3.63, 3.8) is 0 Å².